The Labute approximate surface area is 107 Å². The zero-order chi connectivity index (χ0) is 13.1. The molecule has 0 unspecified atom stereocenters. The summed E-state index contributed by atoms with van der Waals surface area (Å²) in [6.07, 6.45) is 0. The van der Waals surface area contributed by atoms with Crippen LogP contribution in [-0.4, -0.2) is 24.4 Å². The lowest BCUT2D eigenvalue weighted by atomic mass is 10.0. The van der Waals surface area contributed by atoms with E-state index < -0.39 is 0 Å². The molecule has 2 rings (SSSR count). The molecule has 1 aromatic heterocycles. The van der Waals surface area contributed by atoms with E-state index >= 15 is 0 Å². The molecule has 1 N–H and O–H groups in total. The predicted octanol–water partition coefficient (Wildman–Crippen LogP) is 2.81. The van der Waals surface area contributed by atoms with Gasteiger partial charge in [0.05, 0.1) is 12.8 Å². The summed E-state index contributed by atoms with van der Waals surface area (Å²) in [4.78, 5) is 0. The number of hydrogen-bond acceptors (Lipinski definition) is 4. The van der Waals surface area contributed by atoms with Gasteiger partial charge >= 0.3 is 0 Å². The molecule has 0 aliphatic rings. The maximum absolute atomic E-state index is 5.15. The Morgan fingerprint density at radius 2 is 1.67 bits per heavy atom. The van der Waals surface area contributed by atoms with E-state index in [1.807, 2.05) is 38.2 Å². The van der Waals surface area contributed by atoms with Crippen molar-refractivity contribution in [2.45, 2.75) is 13.8 Å². The van der Waals surface area contributed by atoms with Gasteiger partial charge in [-0.2, -0.15) is 0 Å². The molecule has 2 aromatic rings. The standard InChI is InChI=1S/C14H17N3O/c1-9-10(2)14(15-3)17-16-13(9)11-5-7-12(18-4)8-6-11/h5-8H,1-4H3,(H,15,17). The molecule has 0 spiro atoms. The van der Waals surface area contributed by atoms with Gasteiger partial charge in [-0.05, 0) is 49.2 Å². The first-order valence-corrected chi connectivity index (χ1v) is 5.83. The molecule has 1 aromatic carbocycles. The van der Waals surface area contributed by atoms with Crippen molar-refractivity contribution in [2.24, 2.45) is 0 Å². The van der Waals surface area contributed by atoms with Crippen LogP contribution in [0.3, 0.4) is 0 Å². The highest BCUT2D eigenvalue weighted by atomic mass is 16.5. The Kier molecular flexibility index (Phi) is 3.46. The largest absolute Gasteiger partial charge is 0.497 e. The molecular weight excluding hydrogens is 226 g/mol. The van der Waals surface area contributed by atoms with Crippen LogP contribution in [-0.2, 0) is 0 Å². The van der Waals surface area contributed by atoms with Crippen LogP contribution in [0.4, 0.5) is 5.82 Å². The van der Waals surface area contributed by atoms with E-state index in [4.69, 9.17) is 4.74 Å². The predicted molar refractivity (Wildman–Crippen MR) is 73.0 cm³/mol. The van der Waals surface area contributed by atoms with Gasteiger partial charge in [0.25, 0.3) is 0 Å². The molecule has 94 valence electrons. The molecule has 4 nitrogen and oxygen atoms in total. The van der Waals surface area contributed by atoms with Crippen molar-refractivity contribution in [1.29, 1.82) is 0 Å². The summed E-state index contributed by atoms with van der Waals surface area (Å²) in [6.45, 7) is 4.10. The third-order valence-electron chi connectivity index (χ3n) is 3.12. The monoisotopic (exact) mass is 243 g/mol. The number of benzene rings is 1. The van der Waals surface area contributed by atoms with E-state index in [0.717, 1.165) is 34.0 Å². The van der Waals surface area contributed by atoms with Crippen LogP contribution in [0.2, 0.25) is 0 Å². The Hall–Kier alpha value is -2.10. The van der Waals surface area contributed by atoms with Crippen molar-refractivity contribution in [2.75, 3.05) is 19.5 Å². The van der Waals surface area contributed by atoms with Crippen molar-refractivity contribution in [3.8, 4) is 17.0 Å². The lowest BCUT2D eigenvalue weighted by Gasteiger charge is -2.11. The molecule has 0 bridgehead atoms. The summed E-state index contributed by atoms with van der Waals surface area (Å²) >= 11 is 0. The molecule has 0 aliphatic heterocycles. The number of hydrogen-bond donors (Lipinski definition) is 1. The molecule has 4 heteroatoms. The first kappa shape index (κ1) is 12.4. The van der Waals surface area contributed by atoms with E-state index in [9.17, 15) is 0 Å². The lowest BCUT2D eigenvalue weighted by molar-refractivity contribution is 0.415. The Morgan fingerprint density at radius 1 is 1.00 bits per heavy atom. The van der Waals surface area contributed by atoms with Crippen molar-refractivity contribution in [3.63, 3.8) is 0 Å². The second kappa shape index (κ2) is 5.04. The van der Waals surface area contributed by atoms with Crippen molar-refractivity contribution in [3.05, 3.63) is 35.4 Å². The number of aromatic nitrogens is 2. The first-order chi connectivity index (χ1) is 8.67. The maximum Gasteiger partial charge on any atom is 0.151 e. The minimum absolute atomic E-state index is 0.824. The lowest BCUT2D eigenvalue weighted by Crippen LogP contribution is -2.02. The number of nitrogens with zero attached hydrogens (tertiary/aromatic N) is 2. The van der Waals surface area contributed by atoms with E-state index in [1.54, 1.807) is 7.11 Å². The smallest absolute Gasteiger partial charge is 0.151 e. The molecule has 0 radical (unpaired) electrons. The molecule has 1 heterocycles. The number of anilines is 1. The van der Waals surface area contributed by atoms with Gasteiger partial charge in [0.1, 0.15) is 5.75 Å². The summed E-state index contributed by atoms with van der Waals surface area (Å²) in [7, 11) is 3.51. The fourth-order valence-electron chi connectivity index (χ4n) is 1.87. The molecule has 0 aliphatic carbocycles. The number of ether oxygens (including phenoxy) is 1. The average Bonchev–Trinajstić information content (AvgIpc) is 2.42. The third-order valence-corrected chi connectivity index (χ3v) is 3.12. The van der Waals surface area contributed by atoms with Gasteiger partial charge < -0.3 is 10.1 Å². The van der Waals surface area contributed by atoms with Gasteiger partial charge in [-0.3, -0.25) is 0 Å². The van der Waals surface area contributed by atoms with Crippen molar-refractivity contribution >= 4 is 5.82 Å². The second-order valence-corrected chi connectivity index (χ2v) is 4.13. The number of rotatable bonds is 3. The van der Waals surface area contributed by atoms with Gasteiger partial charge in [0.2, 0.25) is 0 Å². The summed E-state index contributed by atoms with van der Waals surface area (Å²) in [5.41, 5.74) is 4.22. The van der Waals surface area contributed by atoms with Crippen LogP contribution in [0.25, 0.3) is 11.3 Å². The number of methoxy groups -OCH3 is 1. The minimum atomic E-state index is 0.824. The van der Waals surface area contributed by atoms with Gasteiger partial charge in [0, 0.05) is 12.6 Å². The molecule has 0 atom stereocenters. The van der Waals surface area contributed by atoms with Crippen molar-refractivity contribution in [1.82, 2.24) is 10.2 Å². The van der Waals surface area contributed by atoms with Crippen LogP contribution in [0.1, 0.15) is 11.1 Å². The Bertz CT molecular complexity index is 550. The van der Waals surface area contributed by atoms with Gasteiger partial charge in [-0.25, -0.2) is 0 Å². The quantitative estimate of drug-likeness (QED) is 0.900. The van der Waals surface area contributed by atoms with Crippen LogP contribution in [0.15, 0.2) is 24.3 Å². The molecule has 0 amide bonds. The molecular formula is C14H17N3O. The SMILES string of the molecule is CNc1nnc(-c2ccc(OC)cc2)c(C)c1C. The first-order valence-electron chi connectivity index (χ1n) is 5.83. The van der Waals surface area contributed by atoms with E-state index in [0.29, 0.717) is 0 Å². The summed E-state index contributed by atoms with van der Waals surface area (Å²) in [5.74, 6) is 1.66. The second-order valence-electron chi connectivity index (χ2n) is 4.13. The average molecular weight is 243 g/mol. The van der Waals surface area contributed by atoms with Gasteiger partial charge in [-0.15, -0.1) is 10.2 Å². The number of nitrogens with one attached hydrogen (secondary N) is 1. The summed E-state index contributed by atoms with van der Waals surface area (Å²) < 4.78 is 5.15. The highest BCUT2D eigenvalue weighted by molar-refractivity contribution is 5.66. The minimum Gasteiger partial charge on any atom is -0.497 e. The third kappa shape index (κ3) is 2.14. The Balaban J connectivity index is 2.47. The zero-order valence-electron chi connectivity index (χ0n) is 11.1. The molecule has 0 fully saturated rings. The van der Waals surface area contributed by atoms with Crippen molar-refractivity contribution < 1.29 is 4.74 Å². The van der Waals surface area contributed by atoms with Gasteiger partial charge in [0.15, 0.2) is 5.82 Å². The Morgan fingerprint density at radius 3 is 2.22 bits per heavy atom. The van der Waals surface area contributed by atoms with E-state index in [1.165, 1.54) is 0 Å². The molecule has 0 saturated heterocycles. The van der Waals surface area contributed by atoms with Crippen LogP contribution in [0.5, 0.6) is 5.75 Å². The van der Waals surface area contributed by atoms with Crippen LogP contribution < -0.4 is 10.1 Å². The fourth-order valence-corrected chi connectivity index (χ4v) is 1.87. The topological polar surface area (TPSA) is 47.0 Å². The van der Waals surface area contributed by atoms with E-state index in [-0.39, 0.29) is 0 Å². The fraction of sp³-hybridized carbons (Fsp3) is 0.286. The molecule has 0 saturated carbocycles. The zero-order valence-corrected chi connectivity index (χ0v) is 11.1. The highest BCUT2D eigenvalue weighted by Gasteiger charge is 2.10. The van der Waals surface area contributed by atoms with Crippen LogP contribution in [0, 0.1) is 13.8 Å². The molecule has 18 heavy (non-hydrogen) atoms. The summed E-state index contributed by atoms with van der Waals surface area (Å²) in [5, 5.41) is 11.5. The van der Waals surface area contributed by atoms with Crippen LogP contribution >= 0.6 is 0 Å². The van der Waals surface area contributed by atoms with Gasteiger partial charge in [-0.1, -0.05) is 0 Å². The highest BCUT2D eigenvalue weighted by Crippen LogP contribution is 2.26. The normalized spacial score (nSPS) is 10.2. The van der Waals surface area contributed by atoms with E-state index in [2.05, 4.69) is 22.4 Å². The summed E-state index contributed by atoms with van der Waals surface area (Å²) in [6, 6.07) is 7.85. The maximum atomic E-state index is 5.15.